The molecule has 0 saturated carbocycles. The van der Waals surface area contributed by atoms with Crippen LogP contribution in [0.25, 0.3) is 0 Å². The number of allylic oxidation sites excluding steroid dienone is 1. The zero-order valence-corrected chi connectivity index (χ0v) is 13.5. The number of phenolic OH excluding ortho intramolecular Hbond substituents is 1. The maximum absolute atomic E-state index is 10.8. The molecule has 1 aromatic rings. The number of ether oxygens (including phenoxy) is 1. The Hall–Kier alpha value is -1.52. The van der Waals surface area contributed by atoms with Gasteiger partial charge in [-0.05, 0) is 44.0 Å². The molecule has 3 rings (SSSR count). The average Bonchev–Trinajstić information content (AvgIpc) is 2.62. The fourth-order valence-electron chi connectivity index (χ4n) is 4.06. The van der Waals surface area contributed by atoms with Gasteiger partial charge in [0.1, 0.15) is 0 Å². The number of aromatic hydroxyl groups is 1. The monoisotopic (exact) mass is 303 g/mol. The first-order chi connectivity index (χ1) is 10.5. The molecule has 1 heterocycles. The summed E-state index contributed by atoms with van der Waals surface area (Å²) in [4.78, 5) is 2.28. The summed E-state index contributed by atoms with van der Waals surface area (Å²) < 4.78 is 5.33. The molecular formula is C18H25NO3. The highest BCUT2D eigenvalue weighted by Gasteiger charge is 2.44. The Kier molecular flexibility index (Phi) is 3.91. The third-order valence-electron chi connectivity index (χ3n) is 5.35. The second-order valence-corrected chi connectivity index (χ2v) is 6.74. The van der Waals surface area contributed by atoms with Gasteiger partial charge in [-0.3, -0.25) is 0 Å². The first-order valence-corrected chi connectivity index (χ1v) is 7.93. The Morgan fingerprint density at radius 1 is 1.36 bits per heavy atom. The number of hydrogen-bond donors (Lipinski definition) is 2. The lowest BCUT2D eigenvalue weighted by Gasteiger charge is -2.41. The zero-order chi connectivity index (χ0) is 15.9. The van der Waals surface area contributed by atoms with Gasteiger partial charge in [0.05, 0.1) is 13.2 Å². The van der Waals surface area contributed by atoms with E-state index in [0.29, 0.717) is 5.75 Å². The molecule has 1 unspecified atom stereocenters. The third-order valence-corrected chi connectivity index (χ3v) is 5.35. The van der Waals surface area contributed by atoms with Crippen molar-refractivity contribution in [1.82, 2.24) is 4.90 Å². The number of rotatable bonds is 1. The van der Waals surface area contributed by atoms with Crippen LogP contribution >= 0.6 is 0 Å². The van der Waals surface area contributed by atoms with Crippen LogP contribution in [0.3, 0.4) is 0 Å². The maximum Gasteiger partial charge on any atom is 0.162 e. The van der Waals surface area contributed by atoms with Crippen molar-refractivity contribution in [2.45, 2.75) is 37.8 Å². The van der Waals surface area contributed by atoms with Crippen molar-refractivity contribution >= 4 is 0 Å². The summed E-state index contributed by atoms with van der Waals surface area (Å²) in [5.74, 6) is 1.04. The summed E-state index contributed by atoms with van der Waals surface area (Å²) >= 11 is 0. The molecule has 0 aromatic heterocycles. The van der Waals surface area contributed by atoms with Gasteiger partial charge in [-0.1, -0.05) is 25.1 Å². The maximum atomic E-state index is 10.8. The predicted molar refractivity (Wildman–Crippen MR) is 86.2 cm³/mol. The third kappa shape index (κ3) is 2.31. The molecule has 2 aliphatic rings. The van der Waals surface area contributed by atoms with E-state index in [1.165, 1.54) is 0 Å². The van der Waals surface area contributed by atoms with E-state index in [1.54, 1.807) is 7.11 Å². The summed E-state index contributed by atoms with van der Waals surface area (Å²) in [6.45, 7) is 3.94. The summed E-state index contributed by atoms with van der Waals surface area (Å²) in [5.41, 5.74) is 1.89. The van der Waals surface area contributed by atoms with Crippen molar-refractivity contribution in [2.75, 3.05) is 20.7 Å². The number of aliphatic hydroxyl groups is 1. The molecule has 0 radical (unpaired) electrons. The largest absolute Gasteiger partial charge is 0.504 e. The highest BCUT2D eigenvalue weighted by Crippen LogP contribution is 2.51. The minimum absolute atomic E-state index is 0.238. The fraction of sp³-hybridized carbons (Fsp3) is 0.556. The van der Waals surface area contributed by atoms with Gasteiger partial charge in [0.2, 0.25) is 0 Å². The molecule has 2 N–H and O–H groups in total. The van der Waals surface area contributed by atoms with Crippen molar-refractivity contribution in [3.8, 4) is 11.5 Å². The van der Waals surface area contributed by atoms with E-state index in [1.807, 2.05) is 12.1 Å². The van der Waals surface area contributed by atoms with Crippen molar-refractivity contribution in [2.24, 2.45) is 5.92 Å². The molecule has 3 atom stereocenters. The van der Waals surface area contributed by atoms with Crippen molar-refractivity contribution < 1.29 is 14.9 Å². The van der Waals surface area contributed by atoms with E-state index in [-0.39, 0.29) is 17.1 Å². The number of hydrogen-bond acceptors (Lipinski definition) is 4. The smallest absolute Gasteiger partial charge is 0.162 e. The average molecular weight is 303 g/mol. The second kappa shape index (κ2) is 5.60. The number of nitrogens with zero attached hydrogens (tertiary/aromatic N) is 1. The quantitative estimate of drug-likeness (QED) is 0.782. The van der Waals surface area contributed by atoms with Gasteiger partial charge in [0, 0.05) is 17.5 Å². The van der Waals surface area contributed by atoms with Crippen LogP contribution in [0.15, 0.2) is 24.3 Å². The molecule has 0 saturated heterocycles. The molecule has 4 nitrogen and oxygen atoms in total. The van der Waals surface area contributed by atoms with Crippen LogP contribution in [-0.4, -0.2) is 41.9 Å². The molecule has 1 spiro atoms. The fourth-order valence-corrected chi connectivity index (χ4v) is 4.06. The summed E-state index contributed by atoms with van der Waals surface area (Å²) in [7, 11) is 3.69. The van der Waals surface area contributed by atoms with E-state index >= 15 is 0 Å². The van der Waals surface area contributed by atoms with Gasteiger partial charge in [0.15, 0.2) is 11.5 Å². The van der Waals surface area contributed by atoms with Crippen LogP contribution in [0.5, 0.6) is 11.5 Å². The Labute approximate surface area is 132 Å². The first-order valence-electron chi connectivity index (χ1n) is 7.93. The number of methoxy groups -OCH3 is 1. The van der Waals surface area contributed by atoms with Crippen LogP contribution in [0.1, 0.15) is 30.9 Å². The Morgan fingerprint density at radius 3 is 2.82 bits per heavy atom. The van der Waals surface area contributed by atoms with Crippen molar-refractivity contribution in [3.05, 3.63) is 35.4 Å². The number of fused-ring (bicyclic) bond motifs is 2. The van der Waals surface area contributed by atoms with Gasteiger partial charge in [0.25, 0.3) is 0 Å². The SMILES string of the molecule is COc1ccc2c(c1O)[C@@]1(C=C[C@H](O)CC1C)CCN(C)C2. The molecule has 0 bridgehead atoms. The van der Waals surface area contributed by atoms with Crippen molar-refractivity contribution in [3.63, 3.8) is 0 Å². The lowest BCUT2D eigenvalue weighted by molar-refractivity contribution is 0.145. The zero-order valence-electron chi connectivity index (χ0n) is 13.5. The predicted octanol–water partition coefficient (Wildman–Crippen LogP) is 2.43. The highest BCUT2D eigenvalue weighted by molar-refractivity contribution is 5.56. The van der Waals surface area contributed by atoms with Crippen LogP contribution in [0.2, 0.25) is 0 Å². The Balaban J connectivity index is 2.23. The van der Waals surface area contributed by atoms with Crippen molar-refractivity contribution in [1.29, 1.82) is 0 Å². The van der Waals surface area contributed by atoms with Gasteiger partial charge in [-0.2, -0.15) is 0 Å². The van der Waals surface area contributed by atoms with Crippen LogP contribution in [0.4, 0.5) is 0 Å². The van der Waals surface area contributed by atoms with Gasteiger partial charge in [-0.25, -0.2) is 0 Å². The number of benzene rings is 1. The highest BCUT2D eigenvalue weighted by atomic mass is 16.5. The van der Waals surface area contributed by atoms with Gasteiger partial charge >= 0.3 is 0 Å². The molecule has 1 aliphatic heterocycles. The molecule has 1 aliphatic carbocycles. The lowest BCUT2D eigenvalue weighted by Crippen LogP contribution is -2.38. The summed E-state index contributed by atoms with van der Waals surface area (Å²) in [6, 6.07) is 3.90. The normalized spacial score (nSPS) is 31.8. The molecule has 0 amide bonds. The standard InChI is InChI=1S/C18H25NO3/c1-12-10-14(20)6-7-18(12)8-9-19(2)11-13-4-5-15(22-3)17(21)16(13)18/h4-7,12,14,20-21H,8-11H2,1-3H3/t12?,14-,18-/m0/s1. The van der Waals surface area contributed by atoms with Crippen LogP contribution in [-0.2, 0) is 12.0 Å². The molecule has 120 valence electrons. The van der Waals surface area contributed by atoms with E-state index in [2.05, 4.69) is 31.0 Å². The summed E-state index contributed by atoms with van der Waals surface area (Å²) in [6.07, 6.45) is 5.26. The number of phenols is 1. The first kappa shape index (κ1) is 15.4. The molecular weight excluding hydrogens is 278 g/mol. The molecule has 0 fully saturated rings. The number of aliphatic hydroxyl groups excluding tert-OH is 1. The second-order valence-electron chi connectivity index (χ2n) is 6.74. The lowest BCUT2D eigenvalue weighted by atomic mass is 9.63. The van der Waals surface area contributed by atoms with Gasteiger partial charge < -0.3 is 19.8 Å². The van der Waals surface area contributed by atoms with Gasteiger partial charge in [-0.15, -0.1) is 0 Å². The molecule has 4 heteroatoms. The van der Waals surface area contributed by atoms with E-state index in [9.17, 15) is 10.2 Å². The Morgan fingerprint density at radius 2 is 2.14 bits per heavy atom. The van der Waals surface area contributed by atoms with Crippen LogP contribution < -0.4 is 4.74 Å². The topological polar surface area (TPSA) is 52.9 Å². The Bertz CT molecular complexity index is 598. The van der Waals surface area contributed by atoms with E-state index < -0.39 is 6.10 Å². The van der Waals surface area contributed by atoms with Crippen LogP contribution in [0, 0.1) is 5.92 Å². The summed E-state index contributed by atoms with van der Waals surface area (Å²) in [5, 5.41) is 20.8. The molecule has 22 heavy (non-hydrogen) atoms. The van der Waals surface area contributed by atoms with E-state index in [0.717, 1.165) is 37.1 Å². The minimum Gasteiger partial charge on any atom is -0.504 e. The minimum atomic E-state index is -0.391. The molecule has 1 aromatic carbocycles. The van der Waals surface area contributed by atoms with E-state index in [4.69, 9.17) is 4.74 Å².